The van der Waals surface area contributed by atoms with Crippen molar-refractivity contribution in [1.29, 1.82) is 0 Å². The van der Waals surface area contributed by atoms with Gasteiger partial charge in [-0.15, -0.1) is 11.8 Å². The lowest BCUT2D eigenvalue weighted by atomic mass is 10.1. The summed E-state index contributed by atoms with van der Waals surface area (Å²) in [5, 5.41) is 12.1. The van der Waals surface area contributed by atoms with Crippen molar-refractivity contribution in [2.75, 3.05) is 16.0 Å². The first-order valence-corrected chi connectivity index (χ1v) is 12.9. The fraction of sp³-hybridized carbons (Fsp3) is 0.0357. The van der Waals surface area contributed by atoms with E-state index in [4.69, 9.17) is 0 Å². The molecule has 1 aliphatic heterocycles. The molecule has 1 aliphatic rings. The minimum atomic E-state index is -1.16. The van der Waals surface area contributed by atoms with Crippen LogP contribution in [0.25, 0.3) is 0 Å². The lowest BCUT2D eigenvalue weighted by Crippen LogP contribution is -2.29. The highest BCUT2D eigenvalue weighted by atomic mass is 32.2. The number of hydrogen-bond acceptors (Lipinski definition) is 5. The SMILES string of the molecule is O=C(O)c1ccccc1C(=O)Nc1cccc(SCC(=O)N2c3ccccc3Sc3ccccc32)c1. The monoisotopic (exact) mass is 512 g/mol. The van der Waals surface area contributed by atoms with Gasteiger partial charge < -0.3 is 10.4 Å². The number of rotatable bonds is 6. The third-order valence-corrected chi connectivity index (χ3v) is 7.65. The second-order valence-electron chi connectivity index (χ2n) is 7.89. The van der Waals surface area contributed by atoms with Crippen molar-refractivity contribution < 1.29 is 19.5 Å². The molecule has 1 heterocycles. The molecule has 36 heavy (non-hydrogen) atoms. The number of hydrogen-bond donors (Lipinski definition) is 2. The third-order valence-electron chi connectivity index (χ3n) is 5.54. The Labute approximate surface area is 216 Å². The molecule has 4 aromatic carbocycles. The van der Waals surface area contributed by atoms with Gasteiger partial charge in [0.25, 0.3) is 5.91 Å². The molecule has 5 rings (SSSR count). The van der Waals surface area contributed by atoms with Crippen LogP contribution in [0.15, 0.2) is 112 Å². The Hall–Kier alpha value is -4.01. The number of thioether (sulfide) groups is 1. The molecule has 0 fully saturated rings. The topological polar surface area (TPSA) is 86.7 Å². The van der Waals surface area contributed by atoms with Gasteiger partial charge in [-0.2, -0.15) is 0 Å². The fourth-order valence-corrected chi connectivity index (χ4v) is 5.77. The summed E-state index contributed by atoms with van der Waals surface area (Å²) in [7, 11) is 0. The number of nitrogens with one attached hydrogen (secondary N) is 1. The highest BCUT2D eigenvalue weighted by molar-refractivity contribution is 8.00. The third kappa shape index (κ3) is 4.86. The number of anilines is 3. The van der Waals surface area contributed by atoms with E-state index in [2.05, 4.69) is 5.32 Å². The molecule has 0 aromatic heterocycles. The highest BCUT2D eigenvalue weighted by Crippen LogP contribution is 2.48. The predicted molar refractivity (Wildman–Crippen MR) is 143 cm³/mol. The van der Waals surface area contributed by atoms with E-state index in [9.17, 15) is 19.5 Å². The van der Waals surface area contributed by atoms with Gasteiger partial charge in [-0.05, 0) is 54.6 Å². The summed E-state index contributed by atoms with van der Waals surface area (Å²) in [5.74, 6) is -1.52. The quantitative estimate of drug-likeness (QED) is 0.285. The lowest BCUT2D eigenvalue weighted by Gasteiger charge is -2.31. The van der Waals surface area contributed by atoms with Crippen LogP contribution in [0.5, 0.6) is 0 Å². The summed E-state index contributed by atoms with van der Waals surface area (Å²) in [6.45, 7) is 0. The smallest absolute Gasteiger partial charge is 0.336 e. The summed E-state index contributed by atoms with van der Waals surface area (Å²) < 4.78 is 0. The van der Waals surface area contributed by atoms with Crippen molar-refractivity contribution >= 4 is 58.4 Å². The molecule has 0 saturated carbocycles. The first-order chi connectivity index (χ1) is 17.5. The van der Waals surface area contributed by atoms with E-state index in [-0.39, 0.29) is 22.8 Å². The van der Waals surface area contributed by atoms with Crippen LogP contribution in [0, 0.1) is 0 Å². The number of nitrogens with zero attached hydrogens (tertiary/aromatic N) is 1. The Morgan fingerprint density at radius 1 is 0.778 bits per heavy atom. The fourth-order valence-electron chi connectivity index (χ4n) is 3.91. The van der Waals surface area contributed by atoms with E-state index in [0.29, 0.717) is 5.69 Å². The number of carbonyl (C=O) groups is 3. The molecule has 0 spiro atoms. The van der Waals surface area contributed by atoms with Gasteiger partial charge in [-0.3, -0.25) is 14.5 Å². The van der Waals surface area contributed by atoms with Crippen molar-refractivity contribution in [3.05, 3.63) is 108 Å². The molecule has 2 amide bonds. The average Bonchev–Trinajstić information content (AvgIpc) is 2.90. The lowest BCUT2D eigenvalue weighted by molar-refractivity contribution is -0.115. The molecule has 0 saturated heterocycles. The van der Waals surface area contributed by atoms with Crippen molar-refractivity contribution in [3.63, 3.8) is 0 Å². The molecule has 0 bridgehead atoms. The maximum Gasteiger partial charge on any atom is 0.336 e. The molecular weight excluding hydrogens is 492 g/mol. The molecular formula is C28H20N2O4S2. The van der Waals surface area contributed by atoms with Gasteiger partial charge in [0.1, 0.15) is 0 Å². The largest absolute Gasteiger partial charge is 0.478 e. The van der Waals surface area contributed by atoms with E-state index < -0.39 is 11.9 Å². The van der Waals surface area contributed by atoms with Gasteiger partial charge >= 0.3 is 5.97 Å². The molecule has 178 valence electrons. The van der Waals surface area contributed by atoms with E-state index in [0.717, 1.165) is 26.1 Å². The molecule has 0 atom stereocenters. The molecule has 2 N–H and O–H groups in total. The summed E-state index contributed by atoms with van der Waals surface area (Å²) >= 11 is 3.02. The maximum atomic E-state index is 13.4. The summed E-state index contributed by atoms with van der Waals surface area (Å²) in [6.07, 6.45) is 0. The Kier molecular flexibility index (Phi) is 6.79. The summed E-state index contributed by atoms with van der Waals surface area (Å²) in [6, 6.07) is 28.9. The zero-order valence-corrected chi connectivity index (χ0v) is 20.5. The van der Waals surface area contributed by atoms with Crippen LogP contribution >= 0.6 is 23.5 Å². The minimum absolute atomic E-state index is 0.0509. The van der Waals surface area contributed by atoms with E-state index in [1.165, 1.54) is 23.9 Å². The molecule has 6 nitrogen and oxygen atoms in total. The Balaban J connectivity index is 1.31. The second-order valence-corrected chi connectivity index (χ2v) is 10.0. The van der Waals surface area contributed by atoms with Crippen molar-refractivity contribution in [1.82, 2.24) is 0 Å². The zero-order valence-electron chi connectivity index (χ0n) is 18.9. The normalized spacial score (nSPS) is 11.8. The first-order valence-electron chi connectivity index (χ1n) is 11.1. The van der Waals surface area contributed by atoms with E-state index in [1.807, 2.05) is 54.6 Å². The highest BCUT2D eigenvalue weighted by Gasteiger charge is 2.27. The van der Waals surface area contributed by atoms with Crippen LogP contribution in [0.3, 0.4) is 0 Å². The minimum Gasteiger partial charge on any atom is -0.478 e. The van der Waals surface area contributed by atoms with Crippen LogP contribution in [-0.4, -0.2) is 28.6 Å². The molecule has 0 unspecified atom stereocenters. The second kappa shape index (κ2) is 10.3. The number of para-hydroxylation sites is 2. The Morgan fingerprint density at radius 3 is 2.06 bits per heavy atom. The van der Waals surface area contributed by atoms with Gasteiger partial charge in [0, 0.05) is 20.4 Å². The van der Waals surface area contributed by atoms with Crippen molar-refractivity contribution in [3.8, 4) is 0 Å². The standard InChI is InChI=1S/C28H20N2O4S2/c31-26(30-22-12-3-5-14-24(22)36-25-15-6-4-13-23(25)30)17-35-19-9-7-8-18(16-19)29-27(32)20-10-1-2-11-21(20)28(33)34/h1-16H,17H2,(H,29,32)(H,33,34). The molecule has 0 radical (unpaired) electrons. The van der Waals surface area contributed by atoms with Crippen LogP contribution in [0.4, 0.5) is 17.1 Å². The summed E-state index contributed by atoms with van der Waals surface area (Å²) in [4.78, 5) is 42.2. The van der Waals surface area contributed by atoms with Gasteiger partial charge in [0.2, 0.25) is 5.91 Å². The Bertz CT molecular complexity index is 1440. The first kappa shape index (κ1) is 23.7. The van der Waals surface area contributed by atoms with Gasteiger partial charge in [-0.1, -0.05) is 54.2 Å². The number of benzene rings is 4. The number of carboxylic acids is 1. The predicted octanol–water partition coefficient (Wildman–Crippen LogP) is 6.56. The maximum absolute atomic E-state index is 13.4. The van der Waals surface area contributed by atoms with Gasteiger partial charge in [-0.25, -0.2) is 4.79 Å². The van der Waals surface area contributed by atoms with Crippen LogP contribution in [0.1, 0.15) is 20.7 Å². The number of carbonyl (C=O) groups excluding carboxylic acids is 2. The zero-order chi connectivity index (χ0) is 25.1. The number of aromatic carboxylic acids is 1. The molecule has 8 heteroatoms. The van der Waals surface area contributed by atoms with Crippen molar-refractivity contribution in [2.45, 2.75) is 14.7 Å². The number of carboxylic acid groups (broad SMARTS) is 1. The van der Waals surface area contributed by atoms with Crippen molar-refractivity contribution in [2.24, 2.45) is 0 Å². The average molecular weight is 513 g/mol. The van der Waals surface area contributed by atoms with Crippen LogP contribution < -0.4 is 10.2 Å². The molecule has 0 aliphatic carbocycles. The van der Waals surface area contributed by atoms with Crippen LogP contribution in [-0.2, 0) is 4.79 Å². The molecule has 4 aromatic rings. The number of amides is 2. The summed E-state index contributed by atoms with van der Waals surface area (Å²) in [5.41, 5.74) is 2.27. The van der Waals surface area contributed by atoms with E-state index in [1.54, 1.807) is 47.0 Å². The number of fused-ring (bicyclic) bond motifs is 2. The van der Waals surface area contributed by atoms with Gasteiger partial charge in [0.15, 0.2) is 0 Å². The van der Waals surface area contributed by atoms with Crippen LogP contribution in [0.2, 0.25) is 0 Å². The van der Waals surface area contributed by atoms with Gasteiger partial charge in [0.05, 0.1) is 28.3 Å². The van der Waals surface area contributed by atoms with E-state index >= 15 is 0 Å². The Morgan fingerprint density at radius 2 is 1.39 bits per heavy atom.